The predicted octanol–water partition coefficient (Wildman–Crippen LogP) is 1.06. The van der Waals surface area contributed by atoms with Crippen molar-refractivity contribution in [2.75, 3.05) is 5.32 Å². The third-order valence-corrected chi connectivity index (χ3v) is 2.60. The molecule has 4 N–H and O–H groups in total. The number of hydrogen-bond acceptors (Lipinski definition) is 4. The number of anilines is 2. The fraction of sp³-hybridized carbons (Fsp3) is 0. The van der Waals surface area contributed by atoms with Crippen molar-refractivity contribution in [1.29, 1.82) is 0 Å². The lowest BCUT2D eigenvalue weighted by Gasteiger charge is -2.05. The zero-order chi connectivity index (χ0) is 12.4. The van der Waals surface area contributed by atoms with E-state index >= 15 is 0 Å². The van der Waals surface area contributed by atoms with Crippen LogP contribution in [-0.4, -0.2) is 19.6 Å². The zero-order valence-corrected chi connectivity index (χ0v) is 9.49. The minimum Gasteiger partial charge on any atom is -0.340 e. The molecule has 6 nitrogen and oxygen atoms in total. The van der Waals surface area contributed by atoms with Crippen LogP contribution in [0.5, 0.6) is 0 Å². The molecule has 0 aliphatic rings. The normalized spacial score (nSPS) is 10.7. The van der Waals surface area contributed by atoms with Crippen LogP contribution in [0.4, 0.5) is 17.2 Å². The van der Waals surface area contributed by atoms with E-state index in [1.165, 1.54) is 0 Å². The highest BCUT2D eigenvalue weighted by Crippen LogP contribution is 2.17. The van der Waals surface area contributed by atoms with Crippen molar-refractivity contribution >= 4 is 22.8 Å². The summed E-state index contributed by atoms with van der Waals surface area (Å²) < 4.78 is 1.93. The van der Waals surface area contributed by atoms with E-state index in [4.69, 9.17) is 5.21 Å². The fourth-order valence-corrected chi connectivity index (χ4v) is 1.73. The lowest BCUT2D eigenvalue weighted by molar-refractivity contribution is -0.825. The Balaban J connectivity index is 1.90. The van der Waals surface area contributed by atoms with Gasteiger partial charge < -0.3 is 9.72 Å². The first kappa shape index (κ1) is 10.7. The van der Waals surface area contributed by atoms with Gasteiger partial charge in [-0.05, 0) is 6.07 Å². The summed E-state index contributed by atoms with van der Waals surface area (Å²) in [6.07, 6.45) is 7.20. The molecule has 3 rings (SSSR count). The van der Waals surface area contributed by atoms with Gasteiger partial charge in [0.1, 0.15) is 11.5 Å². The smallest absolute Gasteiger partial charge is 0.167 e. The van der Waals surface area contributed by atoms with Gasteiger partial charge in [-0.2, -0.15) is 5.48 Å². The lowest BCUT2D eigenvalue weighted by atomic mass is 10.3. The summed E-state index contributed by atoms with van der Waals surface area (Å²) in [5.74, 6) is 0.675. The predicted molar refractivity (Wildman–Crippen MR) is 66.1 cm³/mol. The molecule has 0 aliphatic carbocycles. The summed E-state index contributed by atoms with van der Waals surface area (Å²) in [4.78, 5) is 8.39. The van der Waals surface area contributed by atoms with E-state index in [1.807, 2.05) is 28.9 Å². The molecule has 0 unspecified atom stereocenters. The van der Waals surface area contributed by atoms with Gasteiger partial charge in [0.25, 0.3) is 0 Å². The highest BCUT2D eigenvalue weighted by Gasteiger charge is 2.01. The molecule has 0 spiro atoms. The molecule has 3 aromatic heterocycles. The Morgan fingerprint density at radius 1 is 1.11 bits per heavy atom. The largest absolute Gasteiger partial charge is 0.340 e. The quantitative estimate of drug-likeness (QED) is 0.600. The Labute approximate surface area is 103 Å². The van der Waals surface area contributed by atoms with Crippen molar-refractivity contribution in [1.82, 2.24) is 14.4 Å². The van der Waals surface area contributed by atoms with E-state index in [0.29, 0.717) is 11.5 Å². The Bertz CT molecular complexity index is 679. The molecule has 90 valence electrons. The van der Waals surface area contributed by atoms with Gasteiger partial charge in [-0.3, -0.25) is 0 Å². The Kier molecular flexibility index (Phi) is 2.64. The third-order valence-electron chi connectivity index (χ3n) is 2.60. The van der Waals surface area contributed by atoms with Crippen molar-refractivity contribution in [3.8, 4) is 0 Å². The van der Waals surface area contributed by atoms with Crippen molar-refractivity contribution in [3.63, 3.8) is 0 Å². The second-order valence-electron chi connectivity index (χ2n) is 3.84. The first-order chi connectivity index (χ1) is 8.85. The Morgan fingerprint density at radius 3 is 2.94 bits per heavy atom. The number of fused-ring (bicyclic) bond motifs is 1. The number of nitrogens with two attached hydrogens (primary N) is 1. The molecule has 6 heteroatoms. The molecule has 3 aromatic rings. The molecule has 0 fully saturated rings. The number of quaternary nitrogens is 1. The summed E-state index contributed by atoms with van der Waals surface area (Å²) in [5.41, 5.74) is 3.51. The monoisotopic (exact) mass is 242 g/mol. The molecule has 0 saturated carbocycles. The van der Waals surface area contributed by atoms with E-state index in [-0.39, 0.29) is 0 Å². The minimum absolute atomic E-state index is 0.675. The maximum Gasteiger partial charge on any atom is 0.167 e. The molecule has 0 aliphatic heterocycles. The summed E-state index contributed by atoms with van der Waals surface area (Å²) >= 11 is 0. The number of pyridine rings is 2. The fourth-order valence-electron chi connectivity index (χ4n) is 1.73. The van der Waals surface area contributed by atoms with Crippen LogP contribution in [0, 0.1) is 0 Å². The van der Waals surface area contributed by atoms with E-state index in [2.05, 4.69) is 15.3 Å². The second-order valence-corrected chi connectivity index (χ2v) is 3.84. The molecular formula is C12H12N5O+. The average Bonchev–Trinajstić information content (AvgIpc) is 2.86. The molecule has 3 heterocycles. The third kappa shape index (κ3) is 2.02. The number of nitrogens with zero attached hydrogens (tertiary/aromatic N) is 3. The second kappa shape index (κ2) is 4.44. The van der Waals surface area contributed by atoms with Gasteiger partial charge in [-0.25, -0.2) is 15.2 Å². The summed E-state index contributed by atoms with van der Waals surface area (Å²) in [6, 6.07) is 7.35. The van der Waals surface area contributed by atoms with Crippen molar-refractivity contribution < 1.29 is 10.7 Å². The number of nitrogens with one attached hydrogen (secondary N) is 1. The van der Waals surface area contributed by atoms with Gasteiger partial charge in [0.15, 0.2) is 5.69 Å². The van der Waals surface area contributed by atoms with Crippen LogP contribution in [0.1, 0.15) is 0 Å². The Morgan fingerprint density at radius 2 is 2.06 bits per heavy atom. The Hall–Kier alpha value is -2.44. The first-order valence-electron chi connectivity index (χ1n) is 5.48. The SMILES string of the molecule is O[NH2+]c1ccnc(Nc2ccn3ccnc3c2)c1. The van der Waals surface area contributed by atoms with Crippen LogP contribution in [0.2, 0.25) is 0 Å². The maximum atomic E-state index is 8.95. The molecule has 0 saturated heterocycles. The molecular weight excluding hydrogens is 230 g/mol. The zero-order valence-electron chi connectivity index (χ0n) is 9.49. The summed E-state index contributed by atoms with van der Waals surface area (Å²) in [5, 5.41) is 12.1. The average molecular weight is 242 g/mol. The standard InChI is InChI=1S/C12H11N5O/c18-16-10-1-3-13-11(7-10)15-9-2-5-17-6-4-14-12(17)8-9/h1-8,18H,(H2,13,15,16)/p+1. The topological polar surface area (TPSA) is 79.1 Å². The van der Waals surface area contributed by atoms with E-state index in [9.17, 15) is 0 Å². The van der Waals surface area contributed by atoms with Crippen LogP contribution < -0.4 is 10.8 Å². The summed E-state index contributed by atoms with van der Waals surface area (Å²) in [6.45, 7) is 0. The van der Waals surface area contributed by atoms with Gasteiger partial charge in [-0.15, -0.1) is 0 Å². The van der Waals surface area contributed by atoms with Gasteiger partial charge in [-0.1, -0.05) is 0 Å². The minimum atomic E-state index is 0.675. The van der Waals surface area contributed by atoms with Gasteiger partial charge >= 0.3 is 0 Å². The summed E-state index contributed by atoms with van der Waals surface area (Å²) in [7, 11) is 0. The number of aromatic nitrogens is 3. The number of rotatable bonds is 3. The molecule has 18 heavy (non-hydrogen) atoms. The van der Waals surface area contributed by atoms with Crippen molar-refractivity contribution in [3.05, 3.63) is 49.1 Å². The highest BCUT2D eigenvalue weighted by molar-refractivity contribution is 5.62. The van der Waals surface area contributed by atoms with Crippen LogP contribution in [0.25, 0.3) is 5.65 Å². The molecule has 0 bridgehead atoms. The maximum absolute atomic E-state index is 8.95. The van der Waals surface area contributed by atoms with E-state index in [0.717, 1.165) is 16.8 Å². The number of hydrogen-bond donors (Lipinski definition) is 3. The van der Waals surface area contributed by atoms with Crippen LogP contribution in [0.15, 0.2) is 49.1 Å². The molecule has 0 radical (unpaired) electrons. The van der Waals surface area contributed by atoms with E-state index < -0.39 is 0 Å². The van der Waals surface area contributed by atoms with Gasteiger partial charge in [0.05, 0.1) is 0 Å². The van der Waals surface area contributed by atoms with Gasteiger partial charge in [0.2, 0.25) is 0 Å². The van der Waals surface area contributed by atoms with Crippen molar-refractivity contribution in [2.45, 2.75) is 0 Å². The lowest BCUT2D eigenvalue weighted by Crippen LogP contribution is -2.73. The van der Waals surface area contributed by atoms with Crippen LogP contribution >= 0.6 is 0 Å². The highest BCUT2D eigenvalue weighted by atomic mass is 16.5. The molecule has 0 aromatic carbocycles. The van der Waals surface area contributed by atoms with Gasteiger partial charge in [0, 0.05) is 48.7 Å². The van der Waals surface area contributed by atoms with Crippen molar-refractivity contribution in [2.24, 2.45) is 0 Å². The van der Waals surface area contributed by atoms with Crippen LogP contribution in [0.3, 0.4) is 0 Å². The van der Waals surface area contributed by atoms with Crippen LogP contribution in [-0.2, 0) is 0 Å². The number of imidazole rings is 1. The molecule has 0 amide bonds. The molecule has 0 atom stereocenters. The first-order valence-corrected chi connectivity index (χ1v) is 5.48. The van der Waals surface area contributed by atoms with E-state index in [1.54, 1.807) is 24.5 Å².